The van der Waals surface area contributed by atoms with Gasteiger partial charge in [-0.1, -0.05) is 0 Å². The number of aromatic nitrogens is 1. The predicted octanol–water partition coefficient (Wildman–Crippen LogP) is 1.39. The molecule has 1 aromatic rings. The fourth-order valence-corrected chi connectivity index (χ4v) is 3.29. The lowest BCUT2D eigenvalue weighted by Gasteiger charge is -2.17. The number of anilines is 1. The molecule has 0 radical (unpaired) electrons. The van der Waals surface area contributed by atoms with Crippen molar-refractivity contribution in [2.45, 2.75) is 19.9 Å². The van der Waals surface area contributed by atoms with Crippen LogP contribution in [-0.2, 0) is 4.79 Å². The quantitative estimate of drug-likeness (QED) is 0.869. The van der Waals surface area contributed by atoms with Gasteiger partial charge in [0.1, 0.15) is 0 Å². The van der Waals surface area contributed by atoms with Crippen LogP contribution in [0.25, 0.3) is 0 Å². The Morgan fingerprint density at radius 2 is 2.31 bits per heavy atom. The standard InChI is InChI=1S/C10H15N3OS2/c1-6-7(2)16-10(12-6)13(3)9(14)8-4-15-5-11-8/h8,11H,4-5H2,1-3H3. The average Bonchev–Trinajstić information content (AvgIpc) is 2.87. The van der Waals surface area contributed by atoms with Gasteiger partial charge in [0.15, 0.2) is 5.13 Å². The van der Waals surface area contributed by atoms with Crippen molar-refractivity contribution in [3.05, 3.63) is 10.6 Å². The van der Waals surface area contributed by atoms with E-state index in [1.165, 1.54) is 4.88 Å². The molecule has 0 spiro atoms. The van der Waals surface area contributed by atoms with Gasteiger partial charge in [-0.05, 0) is 13.8 Å². The number of nitrogens with one attached hydrogen (secondary N) is 1. The smallest absolute Gasteiger partial charge is 0.246 e. The largest absolute Gasteiger partial charge is 0.296 e. The predicted molar refractivity (Wildman–Crippen MR) is 69.2 cm³/mol. The third-order valence-corrected chi connectivity index (χ3v) is 4.74. The molecule has 1 atom stereocenters. The number of hydrogen-bond acceptors (Lipinski definition) is 5. The first-order valence-electron chi connectivity index (χ1n) is 5.12. The molecular formula is C10H15N3OS2. The summed E-state index contributed by atoms with van der Waals surface area (Å²) >= 11 is 3.32. The highest BCUT2D eigenvalue weighted by molar-refractivity contribution is 7.99. The first kappa shape index (κ1) is 11.9. The van der Waals surface area contributed by atoms with Crippen LogP contribution in [0.4, 0.5) is 5.13 Å². The average molecular weight is 257 g/mol. The molecule has 1 unspecified atom stereocenters. The molecule has 0 aliphatic carbocycles. The van der Waals surface area contributed by atoms with Crippen LogP contribution in [0, 0.1) is 13.8 Å². The summed E-state index contributed by atoms with van der Waals surface area (Å²) in [7, 11) is 1.80. The van der Waals surface area contributed by atoms with Crippen molar-refractivity contribution in [3.63, 3.8) is 0 Å². The normalized spacial score (nSPS) is 20.1. The molecule has 1 aliphatic heterocycles. The highest BCUT2D eigenvalue weighted by Gasteiger charge is 2.27. The van der Waals surface area contributed by atoms with Gasteiger partial charge in [0.25, 0.3) is 0 Å². The van der Waals surface area contributed by atoms with E-state index in [0.717, 1.165) is 22.5 Å². The number of rotatable bonds is 2. The fraction of sp³-hybridized carbons (Fsp3) is 0.600. The van der Waals surface area contributed by atoms with Crippen LogP contribution in [0.5, 0.6) is 0 Å². The van der Waals surface area contributed by atoms with Gasteiger partial charge in [-0.15, -0.1) is 23.1 Å². The minimum Gasteiger partial charge on any atom is -0.296 e. The topological polar surface area (TPSA) is 45.2 Å². The zero-order chi connectivity index (χ0) is 11.7. The van der Waals surface area contributed by atoms with Crippen LogP contribution in [0.3, 0.4) is 0 Å². The molecule has 0 aromatic carbocycles. The Morgan fingerprint density at radius 1 is 1.56 bits per heavy atom. The molecule has 1 N–H and O–H groups in total. The maximum atomic E-state index is 12.1. The monoisotopic (exact) mass is 257 g/mol. The Hall–Kier alpha value is -0.590. The van der Waals surface area contributed by atoms with Crippen molar-refractivity contribution in [3.8, 4) is 0 Å². The van der Waals surface area contributed by atoms with Gasteiger partial charge >= 0.3 is 0 Å². The number of nitrogens with zero attached hydrogens (tertiary/aromatic N) is 2. The second-order valence-electron chi connectivity index (χ2n) is 3.81. The van der Waals surface area contributed by atoms with E-state index in [1.807, 2.05) is 13.8 Å². The van der Waals surface area contributed by atoms with Crippen molar-refractivity contribution in [2.24, 2.45) is 0 Å². The van der Waals surface area contributed by atoms with Gasteiger partial charge in [-0.3, -0.25) is 15.0 Å². The highest BCUT2D eigenvalue weighted by atomic mass is 32.2. The molecule has 1 aliphatic rings. The van der Waals surface area contributed by atoms with Crippen LogP contribution in [0.15, 0.2) is 0 Å². The van der Waals surface area contributed by atoms with E-state index in [4.69, 9.17) is 0 Å². The Kier molecular flexibility index (Phi) is 3.51. The van der Waals surface area contributed by atoms with Gasteiger partial charge in [0.2, 0.25) is 5.91 Å². The Labute approximate surface area is 103 Å². The van der Waals surface area contributed by atoms with Gasteiger partial charge in [0.05, 0.1) is 11.7 Å². The second kappa shape index (κ2) is 4.73. The molecule has 4 nitrogen and oxygen atoms in total. The highest BCUT2D eigenvalue weighted by Crippen LogP contribution is 2.25. The number of carbonyl (C=O) groups is 1. The van der Waals surface area contributed by atoms with Crippen LogP contribution in [0.2, 0.25) is 0 Å². The lowest BCUT2D eigenvalue weighted by Crippen LogP contribution is -2.43. The molecule has 1 saturated heterocycles. The third kappa shape index (κ3) is 2.23. The lowest BCUT2D eigenvalue weighted by molar-refractivity contribution is -0.119. The maximum absolute atomic E-state index is 12.1. The SMILES string of the molecule is Cc1nc(N(C)C(=O)C2CSCN2)sc1C. The minimum atomic E-state index is -0.0560. The van der Waals surface area contributed by atoms with E-state index in [1.54, 1.807) is 35.0 Å². The summed E-state index contributed by atoms with van der Waals surface area (Å²) in [5, 5.41) is 3.97. The van der Waals surface area contributed by atoms with E-state index in [0.29, 0.717) is 0 Å². The maximum Gasteiger partial charge on any atom is 0.246 e. The van der Waals surface area contributed by atoms with Crippen molar-refractivity contribution in [2.75, 3.05) is 23.6 Å². The van der Waals surface area contributed by atoms with E-state index in [9.17, 15) is 4.79 Å². The number of likely N-dealkylation sites (N-methyl/N-ethyl adjacent to an activating group) is 1. The number of amides is 1. The molecular weight excluding hydrogens is 242 g/mol. The van der Waals surface area contributed by atoms with E-state index in [2.05, 4.69) is 10.3 Å². The van der Waals surface area contributed by atoms with Crippen LogP contribution in [-0.4, -0.2) is 35.6 Å². The van der Waals surface area contributed by atoms with Crippen molar-refractivity contribution in [1.82, 2.24) is 10.3 Å². The number of carbonyl (C=O) groups excluding carboxylic acids is 1. The number of aryl methyl sites for hydroxylation is 2. The van der Waals surface area contributed by atoms with Gasteiger partial charge in [0, 0.05) is 23.6 Å². The molecule has 0 saturated carbocycles. The summed E-state index contributed by atoms with van der Waals surface area (Å²) in [6.45, 7) is 4.00. The summed E-state index contributed by atoms with van der Waals surface area (Å²) in [4.78, 5) is 19.3. The summed E-state index contributed by atoms with van der Waals surface area (Å²) in [6, 6.07) is -0.0560. The zero-order valence-electron chi connectivity index (χ0n) is 9.61. The Bertz CT molecular complexity index is 379. The van der Waals surface area contributed by atoms with Gasteiger partial charge in [-0.25, -0.2) is 4.98 Å². The first-order chi connectivity index (χ1) is 7.59. The minimum absolute atomic E-state index is 0.0560. The van der Waals surface area contributed by atoms with Crippen molar-refractivity contribution >= 4 is 34.1 Å². The van der Waals surface area contributed by atoms with Crippen LogP contribution < -0.4 is 10.2 Å². The molecule has 88 valence electrons. The molecule has 16 heavy (non-hydrogen) atoms. The molecule has 2 rings (SSSR count). The van der Waals surface area contributed by atoms with Gasteiger partial charge in [-0.2, -0.15) is 0 Å². The summed E-state index contributed by atoms with van der Waals surface area (Å²) in [6.07, 6.45) is 0. The first-order valence-corrected chi connectivity index (χ1v) is 7.09. The van der Waals surface area contributed by atoms with Crippen LogP contribution >= 0.6 is 23.1 Å². The van der Waals surface area contributed by atoms with Gasteiger partial charge < -0.3 is 0 Å². The number of thioether (sulfide) groups is 1. The Morgan fingerprint density at radius 3 is 2.81 bits per heavy atom. The van der Waals surface area contributed by atoms with E-state index >= 15 is 0 Å². The van der Waals surface area contributed by atoms with Crippen LogP contribution in [0.1, 0.15) is 10.6 Å². The number of thiazole rings is 1. The van der Waals surface area contributed by atoms with E-state index in [-0.39, 0.29) is 11.9 Å². The molecule has 0 bridgehead atoms. The summed E-state index contributed by atoms with van der Waals surface area (Å²) in [5.74, 6) is 1.82. The second-order valence-corrected chi connectivity index (χ2v) is 6.02. The van der Waals surface area contributed by atoms with Crippen molar-refractivity contribution in [1.29, 1.82) is 0 Å². The van der Waals surface area contributed by atoms with E-state index < -0.39 is 0 Å². The molecule has 1 amide bonds. The lowest BCUT2D eigenvalue weighted by atomic mass is 10.3. The summed E-state index contributed by atoms with van der Waals surface area (Å²) < 4.78 is 0. The molecule has 6 heteroatoms. The number of hydrogen-bond donors (Lipinski definition) is 1. The molecule has 1 aromatic heterocycles. The fourth-order valence-electron chi connectivity index (χ4n) is 1.48. The molecule has 1 fully saturated rings. The third-order valence-electron chi connectivity index (χ3n) is 2.65. The Balaban J connectivity index is 2.11. The van der Waals surface area contributed by atoms with Crippen molar-refractivity contribution < 1.29 is 4.79 Å². The summed E-state index contributed by atoms with van der Waals surface area (Å²) in [5.41, 5.74) is 1.01. The molecule has 2 heterocycles. The zero-order valence-corrected chi connectivity index (χ0v) is 11.2.